The van der Waals surface area contributed by atoms with E-state index >= 15 is 0 Å². The van der Waals surface area contributed by atoms with Gasteiger partial charge in [0.1, 0.15) is 17.7 Å². The second kappa shape index (κ2) is 16.8. The van der Waals surface area contributed by atoms with Crippen LogP contribution in [0.2, 0.25) is 0 Å². The van der Waals surface area contributed by atoms with Crippen LogP contribution in [0.1, 0.15) is 65.6 Å². The Balaban J connectivity index is 1.67. The van der Waals surface area contributed by atoms with Gasteiger partial charge in [-0.15, -0.1) is 0 Å². The van der Waals surface area contributed by atoms with Crippen molar-refractivity contribution in [3.8, 4) is 5.95 Å². The minimum absolute atomic E-state index is 0.00653. The lowest BCUT2D eigenvalue weighted by atomic mass is 9.93. The molecule has 1 aromatic heterocycles. The van der Waals surface area contributed by atoms with Crippen LogP contribution in [0.5, 0.6) is 5.95 Å². The molecule has 47 heavy (non-hydrogen) atoms. The molecule has 3 rings (SSSR count). The summed E-state index contributed by atoms with van der Waals surface area (Å²) in [6.45, 7) is 10.4. The normalized spacial score (nSPS) is 17.3. The molecule has 0 bridgehead atoms. The molecule has 1 aliphatic rings. The quantitative estimate of drug-likeness (QED) is 0.135. The van der Waals surface area contributed by atoms with Gasteiger partial charge in [0.05, 0.1) is 31.3 Å². The predicted molar refractivity (Wildman–Crippen MR) is 169 cm³/mol. The van der Waals surface area contributed by atoms with Crippen molar-refractivity contribution >= 4 is 35.4 Å². The zero-order valence-electron chi connectivity index (χ0n) is 27.7. The van der Waals surface area contributed by atoms with Gasteiger partial charge in [0.2, 0.25) is 23.6 Å². The van der Waals surface area contributed by atoms with Crippen LogP contribution in [0, 0.1) is 11.8 Å². The molecule has 4 amide bonds. The van der Waals surface area contributed by atoms with Gasteiger partial charge >= 0.3 is 11.9 Å². The number of nitrogens with one attached hydrogen (secondary N) is 4. The van der Waals surface area contributed by atoms with Crippen molar-refractivity contribution in [1.82, 2.24) is 26.4 Å². The van der Waals surface area contributed by atoms with Gasteiger partial charge < -0.3 is 35.3 Å². The van der Waals surface area contributed by atoms with Crippen molar-refractivity contribution < 1.29 is 42.8 Å². The van der Waals surface area contributed by atoms with E-state index in [1.807, 2.05) is 58.0 Å². The van der Waals surface area contributed by atoms with E-state index in [1.165, 1.54) is 13.0 Å². The van der Waals surface area contributed by atoms with Gasteiger partial charge in [-0.2, -0.15) is 0 Å². The molecule has 1 fully saturated rings. The third-order valence-corrected chi connectivity index (χ3v) is 7.28. The van der Waals surface area contributed by atoms with E-state index in [1.54, 1.807) is 6.92 Å². The summed E-state index contributed by atoms with van der Waals surface area (Å²) < 4.78 is 14.9. The second-order valence-electron chi connectivity index (χ2n) is 12.8. The molecule has 256 valence electrons. The molecule has 2 heterocycles. The number of benzene rings is 1. The lowest BCUT2D eigenvalue weighted by Crippen LogP contribution is -2.58. The topological polar surface area (TPSA) is 198 Å². The number of nitrogens with zero attached hydrogens (tertiary/aromatic N) is 1. The van der Waals surface area contributed by atoms with Crippen molar-refractivity contribution in [1.29, 1.82) is 0 Å². The Bertz CT molecular complexity index is 1420. The van der Waals surface area contributed by atoms with Gasteiger partial charge in [-0.25, -0.2) is 0 Å². The Morgan fingerprint density at radius 2 is 1.47 bits per heavy atom. The minimum atomic E-state index is -1.05. The highest BCUT2D eigenvalue weighted by molar-refractivity contribution is 5.98. The van der Waals surface area contributed by atoms with E-state index in [9.17, 15) is 28.8 Å². The third kappa shape index (κ3) is 12.3. The number of amides is 4. The average molecular weight is 656 g/mol. The van der Waals surface area contributed by atoms with Crippen LogP contribution >= 0.6 is 0 Å². The molecule has 1 aromatic carbocycles. The lowest BCUT2D eigenvalue weighted by molar-refractivity contribution is -0.134. The Morgan fingerprint density at radius 3 is 2.06 bits per heavy atom. The summed E-state index contributed by atoms with van der Waals surface area (Å²) in [5.74, 6) is -3.17. The number of esters is 1. The highest BCUT2D eigenvalue weighted by atomic mass is 16.6. The lowest BCUT2D eigenvalue weighted by Gasteiger charge is -2.27. The molecule has 4 atom stereocenters. The van der Waals surface area contributed by atoms with E-state index in [0.717, 1.165) is 5.56 Å². The molecule has 2 aromatic rings. The number of hydrogen-bond donors (Lipinski definition) is 4. The van der Waals surface area contributed by atoms with Gasteiger partial charge in [0.15, 0.2) is 5.78 Å². The monoisotopic (exact) mass is 655 g/mol. The largest absolute Gasteiger partial charge is 0.391 e. The molecule has 4 N–H and O–H groups in total. The van der Waals surface area contributed by atoms with E-state index in [2.05, 4.69) is 26.4 Å². The summed E-state index contributed by atoms with van der Waals surface area (Å²) in [6.07, 6.45) is 0.564. The molecule has 0 radical (unpaired) electrons. The fourth-order valence-corrected chi connectivity index (χ4v) is 4.85. The standard InChI is InChI=1S/C33H45N5O9/c1-19(2)12-24(30(42)33(6)18-45-33)36-32(44)26(14-22-10-8-7-9-11-22)37-31(43)25(13-20(3)4)35-28(41)17-34-27(40)15-23-16-29(47-38-23)46-21(5)39/h7-11,16,19-20,24-26H,12-15,17-18H2,1-6H3,(H,34,40)(H,35,41)(H,36,44)(H,37,43). The first-order valence-electron chi connectivity index (χ1n) is 15.7. The maximum atomic E-state index is 13.7. The van der Waals surface area contributed by atoms with Crippen LogP contribution in [0.25, 0.3) is 0 Å². The summed E-state index contributed by atoms with van der Waals surface area (Å²) in [5.41, 5.74) is 0.0427. The van der Waals surface area contributed by atoms with Crippen LogP contribution in [-0.2, 0) is 46.3 Å². The fraction of sp³-hybridized carbons (Fsp3) is 0.545. The maximum Gasteiger partial charge on any atom is 0.319 e. The van der Waals surface area contributed by atoms with Crippen molar-refractivity contribution in [2.75, 3.05) is 13.2 Å². The van der Waals surface area contributed by atoms with Crippen LogP contribution in [0.4, 0.5) is 0 Å². The van der Waals surface area contributed by atoms with Crippen LogP contribution in [0.3, 0.4) is 0 Å². The SMILES string of the molecule is CC(=O)Oc1cc(CC(=O)NCC(=O)NC(CC(C)C)C(=O)NC(Cc2ccccc2)C(=O)NC(CC(C)C)C(=O)C2(C)CO2)no1. The number of carbonyl (C=O) groups excluding carboxylic acids is 6. The molecule has 1 saturated heterocycles. The number of ether oxygens (including phenoxy) is 2. The van der Waals surface area contributed by atoms with E-state index in [0.29, 0.717) is 6.42 Å². The van der Waals surface area contributed by atoms with E-state index < -0.39 is 59.9 Å². The van der Waals surface area contributed by atoms with Crippen molar-refractivity contribution in [2.45, 2.75) is 91.0 Å². The smallest absolute Gasteiger partial charge is 0.319 e. The van der Waals surface area contributed by atoms with Gasteiger partial charge in [-0.3, -0.25) is 28.8 Å². The Hall–Kier alpha value is -4.59. The average Bonchev–Trinajstić information content (AvgIpc) is 3.60. The van der Waals surface area contributed by atoms with Gasteiger partial charge in [-0.1, -0.05) is 63.2 Å². The number of Topliss-reactive ketones (excluding diaryl/α,β-unsaturated/α-hetero) is 1. The molecular formula is C33H45N5O9. The highest BCUT2D eigenvalue weighted by Gasteiger charge is 2.50. The summed E-state index contributed by atoms with van der Waals surface area (Å²) in [4.78, 5) is 76.7. The Labute approximate surface area is 274 Å². The molecule has 1 aliphatic heterocycles. The number of aromatic nitrogens is 1. The van der Waals surface area contributed by atoms with Crippen molar-refractivity contribution in [3.63, 3.8) is 0 Å². The number of epoxide rings is 1. The highest BCUT2D eigenvalue weighted by Crippen LogP contribution is 2.29. The molecule has 0 spiro atoms. The first kappa shape index (κ1) is 36.9. The first-order valence-corrected chi connectivity index (χ1v) is 15.7. The molecule has 0 aliphatic carbocycles. The number of ketones is 1. The number of carbonyl (C=O) groups is 6. The van der Waals surface area contributed by atoms with Crippen LogP contribution in [-0.4, -0.2) is 77.4 Å². The number of hydrogen-bond acceptors (Lipinski definition) is 10. The Kier molecular flexibility index (Phi) is 13.2. The molecule has 0 saturated carbocycles. The maximum absolute atomic E-state index is 13.7. The first-order chi connectivity index (χ1) is 22.1. The zero-order chi connectivity index (χ0) is 34.7. The third-order valence-electron chi connectivity index (χ3n) is 7.28. The van der Waals surface area contributed by atoms with E-state index in [4.69, 9.17) is 14.0 Å². The summed E-state index contributed by atoms with van der Waals surface area (Å²) in [6, 6.07) is 7.55. The van der Waals surface area contributed by atoms with Crippen LogP contribution < -0.4 is 26.0 Å². The molecule has 14 heteroatoms. The van der Waals surface area contributed by atoms with Crippen molar-refractivity contribution in [3.05, 3.63) is 47.7 Å². The van der Waals surface area contributed by atoms with Gasteiger partial charge in [0, 0.05) is 19.4 Å². The zero-order valence-corrected chi connectivity index (χ0v) is 27.7. The van der Waals surface area contributed by atoms with Crippen LogP contribution in [0.15, 0.2) is 40.9 Å². The van der Waals surface area contributed by atoms with E-state index in [-0.39, 0.29) is 55.1 Å². The van der Waals surface area contributed by atoms with Gasteiger partial charge in [-0.05, 0) is 37.2 Å². The molecule has 14 nitrogen and oxygen atoms in total. The fourth-order valence-electron chi connectivity index (χ4n) is 4.85. The summed E-state index contributed by atoms with van der Waals surface area (Å²) in [5, 5.41) is 14.4. The second-order valence-corrected chi connectivity index (χ2v) is 12.8. The Morgan fingerprint density at radius 1 is 0.872 bits per heavy atom. The minimum Gasteiger partial charge on any atom is -0.391 e. The molecular weight excluding hydrogens is 610 g/mol. The van der Waals surface area contributed by atoms with Gasteiger partial charge in [0.25, 0.3) is 0 Å². The molecule has 4 unspecified atom stereocenters. The number of rotatable bonds is 18. The summed E-state index contributed by atoms with van der Waals surface area (Å²) >= 11 is 0. The predicted octanol–water partition coefficient (Wildman–Crippen LogP) is 1.41. The summed E-state index contributed by atoms with van der Waals surface area (Å²) in [7, 11) is 0. The van der Waals surface area contributed by atoms with Crippen molar-refractivity contribution in [2.24, 2.45) is 11.8 Å².